The van der Waals surface area contributed by atoms with Crippen molar-refractivity contribution in [2.24, 2.45) is 0 Å². The number of anilines is 1. The standard InChI is InChI=1S/C32H40N6O3/c1-3-29-9-4-5-16-38(29)22-25-10-12-26(13-11-25)31(39)35-27-14-15-30(33-21-27)41-32(40)37-19-17-36(18-20-37)23-28-8-6-7-24(2)34-28/h6-8,10-15,21,29H,3-5,9,16-20,22-23H2,1-2H3,(H,35,39). The van der Waals surface area contributed by atoms with E-state index < -0.39 is 6.09 Å². The van der Waals surface area contributed by atoms with Crippen LogP contribution in [-0.2, 0) is 13.1 Å². The first-order valence-electron chi connectivity index (χ1n) is 14.7. The molecule has 0 aliphatic carbocycles. The number of piperidine rings is 1. The van der Waals surface area contributed by atoms with E-state index in [-0.39, 0.29) is 11.8 Å². The van der Waals surface area contributed by atoms with Crippen molar-refractivity contribution in [3.8, 4) is 5.88 Å². The van der Waals surface area contributed by atoms with Gasteiger partial charge in [-0.1, -0.05) is 31.5 Å². The highest BCUT2D eigenvalue weighted by Crippen LogP contribution is 2.22. The van der Waals surface area contributed by atoms with Gasteiger partial charge in [-0.3, -0.25) is 19.6 Å². The molecule has 0 radical (unpaired) electrons. The number of aromatic nitrogens is 2. The highest BCUT2D eigenvalue weighted by Gasteiger charge is 2.24. The lowest BCUT2D eigenvalue weighted by atomic mass is 9.99. The fraction of sp³-hybridized carbons (Fsp3) is 0.438. The topological polar surface area (TPSA) is 90.9 Å². The van der Waals surface area contributed by atoms with Crippen molar-refractivity contribution in [3.63, 3.8) is 0 Å². The Morgan fingerprint density at radius 2 is 1.76 bits per heavy atom. The van der Waals surface area contributed by atoms with Gasteiger partial charge >= 0.3 is 6.09 Å². The van der Waals surface area contributed by atoms with Gasteiger partial charge in [-0.15, -0.1) is 0 Å². The highest BCUT2D eigenvalue weighted by molar-refractivity contribution is 6.04. The number of benzene rings is 1. The molecular weight excluding hydrogens is 516 g/mol. The molecule has 2 saturated heterocycles. The zero-order valence-corrected chi connectivity index (χ0v) is 24.1. The first kappa shape index (κ1) is 28.7. The van der Waals surface area contributed by atoms with Crippen LogP contribution in [0.3, 0.4) is 0 Å². The summed E-state index contributed by atoms with van der Waals surface area (Å²) in [6.07, 6.45) is 6.11. The SMILES string of the molecule is CCC1CCCCN1Cc1ccc(C(=O)Nc2ccc(OC(=O)N3CCN(Cc4cccc(C)n4)CC3)nc2)cc1. The van der Waals surface area contributed by atoms with Gasteiger partial charge in [0.2, 0.25) is 5.88 Å². The molecule has 5 rings (SSSR count). The molecule has 2 fully saturated rings. The van der Waals surface area contributed by atoms with Crippen LogP contribution in [0.2, 0.25) is 0 Å². The molecule has 2 aliphatic rings. The Morgan fingerprint density at radius 1 is 0.951 bits per heavy atom. The third-order valence-electron chi connectivity index (χ3n) is 7.97. The van der Waals surface area contributed by atoms with Gasteiger partial charge in [0.15, 0.2) is 0 Å². The Kier molecular flexibility index (Phi) is 9.59. The Bertz CT molecular complexity index is 1310. The summed E-state index contributed by atoms with van der Waals surface area (Å²) in [5.74, 6) is -0.00178. The smallest absolute Gasteiger partial charge is 0.391 e. The molecule has 1 aromatic carbocycles. The van der Waals surface area contributed by atoms with E-state index in [0.29, 0.717) is 30.4 Å². The maximum absolute atomic E-state index is 12.8. The highest BCUT2D eigenvalue weighted by atomic mass is 16.6. The number of carbonyl (C=O) groups excluding carboxylic acids is 2. The average Bonchev–Trinajstić information content (AvgIpc) is 2.99. The second kappa shape index (κ2) is 13.7. The van der Waals surface area contributed by atoms with E-state index in [1.165, 1.54) is 37.4 Å². The van der Waals surface area contributed by atoms with E-state index in [1.807, 2.05) is 49.4 Å². The zero-order valence-electron chi connectivity index (χ0n) is 24.1. The monoisotopic (exact) mass is 556 g/mol. The molecule has 2 aliphatic heterocycles. The Morgan fingerprint density at radius 3 is 2.46 bits per heavy atom. The molecule has 3 aromatic rings. The van der Waals surface area contributed by atoms with Crippen molar-refractivity contribution in [1.82, 2.24) is 24.7 Å². The quantitative estimate of drug-likeness (QED) is 0.412. The largest absolute Gasteiger partial charge is 0.416 e. The fourth-order valence-electron chi connectivity index (χ4n) is 5.60. The summed E-state index contributed by atoms with van der Waals surface area (Å²) in [6, 6.07) is 17.8. The number of aryl methyl sites for hydroxylation is 1. The predicted octanol–water partition coefficient (Wildman–Crippen LogP) is 5.12. The minimum absolute atomic E-state index is 0.201. The second-order valence-electron chi connectivity index (χ2n) is 11.0. The lowest BCUT2D eigenvalue weighted by Gasteiger charge is -2.35. The maximum Gasteiger partial charge on any atom is 0.416 e. The predicted molar refractivity (Wildman–Crippen MR) is 159 cm³/mol. The van der Waals surface area contributed by atoms with Crippen molar-refractivity contribution in [2.75, 3.05) is 38.0 Å². The second-order valence-corrected chi connectivity index (χ2v) is 11.0. The number of hydrogen-bond acceptors (Lipinski definition) is 7. The van der Waals surface area contributed by atoms with Gasteiger partial charge in [-0.05, 0) is 68.6 Å². The summed E-state index contributed by atoms with van der Waals surface area (Å²) in [4.78, 5) is 40.8. The molecule has 9 heteroatoms. The summed E-state index contributed by atoms with van der Waals surface area (Å²) >= 11 is 0. The van der Waals surface area contributed by atoms with E-state index >= 15 is 0 Å². The van der Waals surface area contributed by atoms with Crippen molar-refractivity contribution in [3.05, 3.63) is 83.3 Å². The number of likely N-dealkylation sites (tertiary alicyclic amines) is 1. The van der Waals surface area contributed by atoms with E-state index in [2.05, 4.69) is 32.0 Å². The number of rotatable bonds is 8. The molecule has 216 valence electrons. The normalized spacial score (nSPS) is 18.2. The van der Waals surface area contributed by atoms with Crippen molar-refractivity contribution in [1.29, 1.82) is 0 Å². The zero-order chi connectivity index (χ0) is 28.6. The molecule has 0 spiro atoms. The molecule has 4 heterocycles. The number of nitrogens with zero attached hydrogens (tertiary/aromatic N) is 5. The summed E-state index contributed by atoms with van der Waals surface area (Å²) in [5, 5.41) is 2.87. The average molecular weight is 557 g/mol. The van der Waals surface area contributed by atoms with Gasteiger partial charge in [0, 0.05) is 62.6 Å². The maximum atomic E-state index is 12.8. The number of pyridine rings is 2. The Hall–Kier alpha value is -3.82. The van der Waals surface area contributed by atoms with Crippen LogP contribution in [0, 0.1) is 6.92 Å². The molecule has 2 amide bonds. The number of ether oxygens (including phenoxy) is 1. The molecule has 41 heavy (non-hydrogen) atoms. The minimum atomic E-state index is -0.419. The van der Waals surface area contributed by atoms with Crippen LogP contribution in [-0.4, -0.2) is 75.4 Å². The number of piperazine rings is 1. The number of nitrogens with one attached hydrogen (secondary N) is 1. The third kappa shape index (κ3) is 7.89. The lowest BCUT2D eigenvalue weighted by Crippen LogP contribution is -2.49. The van der Waals surface area contributed by atoms with Gasteiger partial charge in [0.05, 0.1) is 17.6 Å². The molecule has 0 saturated carbocycles. The minimum Gasteiger partial charge on any atom is -0.391 e. The van der Waals surface area contributed by atoms with E-state index in [9.17, 15) is 9.59 Å². The molecule has 1 N–H and O–H groups in total. The van der Waals surface area contributed by atoms with Gasteiger partial charge < -0.3 is 15.0 Å². The van der Waals surface area contributed by atoms with Crippen LogP contribution in [0.25, 0.3) is 0 Å². The van der Waals surface area contributed by atoms with Gasteiger partial charge in [0.1, 0.15) is 0 Å². The van der Waals surface area contributed by atoms with Crippen LogP contribution in [0.5, 0.6) is 5.88 Å². The van der Waals surface area contributed by atoms with Crippen LogP contribution in [0.15, 0.2) is 60.8 Å². The molecule has 9 nitrogen and oxygen atoms in total. The van der Waals surface area contributed by atoms with E-state index in [0.717, 1.165) is 44.1 Å². The van der Waals surface area contributed by atoms with E-state index in [1.54, 1.807) is 17.0 Å². The molecule has 1 unspecified atom stereocenters. The van der Waals surface area contributed by atoms with Crippen molar-refractivity contribution < 1.29 is 14.3 Å². The third-order valence-corrected chi connectivity index (χ3v) is 7.97. The molecular formula is C32H40N6O3. The molecule has 2 aromatic heterocycles. The van der Waals surface area contributed by atoms with Crippen molar-refractivity contribution >= 4 is 17.7 Å². The fourth-order valence-corrected chi connectivity index (χ4v) is 5.60. The Labute approximate surface area is 242 Å². The number of carbonyl (C=O) groups is 2. The Balaban J connectivity index is 1.07. The van der Waals surface area contributed by atoms with Gasteiger partial charge in [-0.25, -0.2) is 9.78 Å². The number of amides is 2. The molecule has 0 bridgehead atoms. The summed E-state index contributed by atoms with van der Waals surface area (Å²) in [6.45, 7) is 9.74. The van der Waals surface area contributed by atoms with E-state index in [4.69, 9.17) is 4.74 Å². The van der Waals surface area contributed by atoms with Crippen LogP contribution < -0.4 is 10.1 Å². The van der Waals surface area contributed by atoms with Crippen molar-refractivity contribution in [2.45, 2.75) is 58.7 Å². The van der Waals surface area contributed by atoms with Gasteiger partial charge in [-0.2, -0.15) is 0 Å². The van der Waals surface area contributed by atoms with Crippen LogP contribution in [0.1, 0.15) is 59.9 Å². The first-order valence-corrected chi connectivity index (χ1v) is 14.7. The van der Waals surface area contributed by atoms with Gasteiger partial charge in [0.25, 0.3) is 5.91 Å². The summed E-state index contributed by atoms with van der Waals surface area (Å²) in [5.41, 5.74) is 4.39. The lowest BCUT2D eigenvalue weighted by molar-refractivity contribution is 0.102. The molecule has 1 atom stereocenters. The van der Waals surface area contributed by atoms with Crippen LogP contribution >= 0.6 is 0 Å². The summed E-state index contributed by atoms with van der Waals surface area (Å²) in [7, 11) is 0. The van der Waals surface area contributed by atoms with Crippen LogP contribution in [0.4, 0.5) is 10.5 Å². The number of hydrogen-bond donors (Lipinski definition) is 1. The first-order chi connectivity index (χ1) is 20.0. The summed E-state index contributed by atoms with van der Waals surface area (Å²) < 4.78 is 5.49.